The highest BCUT2D eigenvalue weighted by Crippen LogP contribution is 2.34. The number of aryl methyl sites for hydroxylation is 1. The van der Waals surface area contributed by atoms with Gasteiger partial charge in [0.15, 0.2) is 0 Å². The Labute approximate surface area is 127 Å². The van der Waals surface area contributed by atoms with Crippen molar-refractivity contribution in [2.24, 2.45) is 0 Å². The van der Waals surface area contributed by atoms with E-state index in [1.165, 1.54) is 17.0 Å². The van der Waals surface area contributed by atoms with Crippen molar-refractivity contribution < 1.29 is 14.5 Å². The van der Waals surface area contributed by atoms with Crippen LogP contribution in [0, 0.1) is 10.1 Å². The van der Waals surface area contributed by atoms with Crippen molar-refractivity contribution in [2.45, 2.75) is 25.8 Å². The maximum Gasteiger partial charge on any atom is 0.292 e. The van der Waals surface area contributed by atoms with Crippen LogP contribution in [-0.2, 0) is 16.0 Å². The average molecular weight is 306 g/mol. The maximum atomic E-state index is 11.9. The molecule has 0 saturated heterocycles. The minimum Gasteiger partial charge on any atom is -0.368 e. The molecule has 118 valence electrons. The predicted octanol–water partition coefficient (Wildman–Crippen LogP) is 1.37. The van der Waals surface area contributed by atoms with Gasteiger partial charge in [0.1, 0.15) is 11.7 Å². The normalized spacial score (nSPS) is 14.6. The third-order valence-electron chi connectivity index (χ3n) is 3.50. The number of nitro groups is 1. The van der Waals surface area contributed by atoms with E-state index in [1.54, 1.807) is 21.0 Å². The van der Waals surface area contributed by atoms with Gasteiger partial charge in [0, 0.05) is 32.3 Å². The average Bonchev–Trinajstić information content (AvgIpc) is 2.45. The molecule has 2 N–H and O–H groups in total. The smallest absolute Gasteiger partial charge is 0.292 e. The van der Waals surface area contributed by atoms with E-state index >= 15 is 0 Å². The number of rotatable bonds is 4. The third-order valence-corrected chi connectivity index (χ3v) is 3.50. The summed E-state index contributed by atoms with van der Waals surface area (Å²) in [6.45, 7) is 1.63. The van der Waals surface area contributed by atoms with E-state index in [0.29, 0.717) is 18.5 Å². The molecule has 22 heavy (non-hydrogen) atoms. The first kappa shape index (κ1) is 15.7. The van der Waals surface area contributed by atoms with E-state index in [2.05, 4.69) is 10.6 Å². The Balaban J connectivity index is 2.37. The molecule has 2 amide bonds. The highest BCUT2D eigenvalue weighted by atomic mass is 16.6. The van der Waals surface area contributed by atoms with Crippen molar-refractivity contribution in [1.82, 2.24) is 4.90 Å². The Morgan fingerprint density at radius 2 is 2.09 bits per heavy atom. The Hall–Kier alpha value is -2.64. The number of fused-ring (bicyclic) bond motifs is 1. The van der Waals surface area contributed by atoms with Crippen molar-refractivity contribution in [3.63, 3.8) is 0 Å². The second-order valence-corrected chi connectivity index (χ2v) is 5.43. The number of benzene rings is 1. The topological polar surface area (TPSA) is 105 Å². The van der Waals surface area contributed by atoms with Gasteiger partial charge in [-0.1, -0.05) is 0 Å². The summed E-state index contributed by atoms with van der Waals surface area (Å²) in [4.78, 5) is 35.5. The molecule has 1 aliphatic heterocycles. The van der Waals surface area contributed by atoms with Crippen molar-refractivity contribution in [3.8, 4) is 0 Å². The van der Waals surface area contributed by atoms with Crippen LogP contribution in [0.3, 0.4) is 0 Å². The van der Waals surface area contributed by atoms with Gasteiger partial charge in [-0.15, -0.1) is 0 Å². The summed E-state index contributed by atoms with van der Waals surface area (Å²) in [6, 6.07) is 2.35. The number of carbonyl (C=O) groups excluding carboxylic acids is 2. The van der Waals surface area contributed by atoms with Gasteiger partial charge < -0.3 is 15.5 Å². The zero-order chi connectivity index (χ0) is 16.4. The molecule has 0 spiro atoms. The van der Waals surface area contributed by atoms with Gasteiger partial charge in [-0.25, -0.2) is 0 Å². The van der Waals surface area contributed by atoms with Crippen LogP contribution >= 0.6 is 0 Å². The number of anilines is 2. The van der Waals surface area contributed by atoms with Gasteiger partial charge in [0.2, 0.25) is 11.8 Å². The van der Waals surface area contributed by atoms with Crippen LogP contribution in [0.25, 0.3) is 0 Å². The molecule has 0 saturated carbocycles. The molecule has 1 aromatic carbocycles. The number of amides is 2. The zero-order valence-electron chi connectivity index (χ0n) is 12.7. The minimum atomic E-state index is -0.619. The summed E-state index contributed by atoms with van der Waals surface area (Å²) < 4.78 is 0. The third kappa shape index (κ3) is 3.16. The first-order valence-corrected chi connectivity index (χ1v) is 6.88. The molecular weight excluding hydrogens is 288 g/mol. The van der Waals surface area contributed by atoms with Crippen LogP contribution in [0.2, 0.25) is 0 Å². The summed E-state index contributed by atoms with van der Waals surface area (Å²) >= 11 is 0. The molecular formula is C14H18N4O4. The number of nitrogens with zero attached hydrogens (tertiary/aromatic N) is 2. The van der Waals surface area contributed by atoms with Gasteiger partial charge in [0.25, 0.3) is 5.69 Å². The lowest BCUT2D eigenvalue weighted by molar-refractivity contribution is -0.384. The highest BCUT2D eigenvalue weighted by Gasteiger charge is 2.25. The molecule has 1 aliphatic rings. The van der Waals surface area contributed by atoms with Crippen molar-refractivity contribution in [3.05, 3.63) is 27.8 Å². The van der Waals surface area contributed by atoms with Crippen LogP contribution in [0.4, 0.5) is 17.1 Å². The van der Waals surface area contributed by atoms with Crippen molar-refractivity contribution in [2.75, 3.05) is 24.7 Å². The second kappa shape index (κ2) is 6.00. The molecule has 1 heterocycles. The van der Waals surface area contributed by atoms with Crippen LogP contribution < -0.4 is 10.6 Å². The van der Waals surface area contributed by atoms with Gasteiger partial charge in [-0.3, -0.25) is 19.7 Å². The summed E-state index contributed by atoms with van der Waals surface area (Å²) in [5.41, 5.74) is 1.39. The number of carbonyl (C=O) groups is 2. The lowest BCUT2D eigenvalue weighted by Crippen LogP contribution is -2.36. The number of nitro benzene ring substituents is 1. The largest absolute Gasteiger partial charge is 0.368 e. The lowest BCUT2D eigenvalue weighted by Gasteiger charge is -2.21. The van der Waals surface area contributed by atoms with E-state index < -0.39 is 11.0 Å². The van der Waals surface area contributed by atoms with E-state index in [-0.39, 0.29) is 23.2 Å². The summed E-state index contributed by atoms with van der Waals surface area (Å²) in [5, 5.41) is 16.8. The van der Waals surface area contributed by atoms with Crippen LogP contribution in [0.15, 0.2) is 12.1 Å². The fourth-order valence-electron chi connectivity index (χ4n) is 2.36. The van der Waals surface area contributed by atoms with E-state index in [4.69, 9.17) is 0 Å². The van der Waals surface area contributed by atoms with Crippen molar-refractivity contribution in [1.29, 1.82) is 0 Å². The van der Waals surface area contributed by atoms with Gasteiger partial charge in [-0.05, 0) is 25.0 Å². The molecule has 8 nitrogen and oxygen atoms in total. The Morgan fingerprint density at radius 1 is 1.41 bits per heavy atom. The minimum absolute atomic E-state index is 0.103. The number of nitrogens with one attached hydrogen (secondary N) is 2. The van der Waals surface area contributed by atoms with Crippen molar-refractivity contribution >= 4 is 28.9 Å². The van der Waals surface area contributed by atoms with Crippen LogP contribution in [0.5, 0.6) is 0 Å². The molecule has 0 aliphatic carbocycles. The van der Waals surface area contributed by atoms with Crippen LogP contribution in [-0.4, -0.2) is 41.8 Å². The molecule has 0 unspecified atom stereocenters. The van der Waals surface area contributed by atoms with Gasteiger partial charge >= 0.3 is 0 Å². The number of hydrogen-bond acceptors (Lipinski definition) is 5. The molecule has 0 bridgehead atoms. The lowest BCUT2D eigenvalue weighted by atomic mass is 10.0. The molecule has 2 rings (SSSR count). The van der Waals surface area contributed by atoms with E-state index in [0.717, 1.165) is 5.56 Å². The number of hydrogen-bond donors (Lipinski definition) is 2. The monoisotopic (exact) mass is 306 g/mol. The summed E-state index contributed by atoms with van der Waals surface area (Å²) in [5.74, 6) is -0.319. The Kier molecular flexibility index (Phi) is 4.30. The SMILES string of the molecule is C[C@H](Nc1cc2c(cc1[N+](=O)[O-])CCC(=O)N2)C(=O)N(C)C. The predicted molar refractivity (Wildman–Crippen MR) is 81.8 cm³/mol. The van der Waals surface area contributed by atoms with E-state index in [9.17, 15) is 19.7 Å². The second-order valence-electron chi connectivity index (χ2n) is 5.43. The highest BCUT2D eigenvalue weighted by molar-refractivity contribution is 5.95. The molecule has 8 heteroatoms. The van der Waals surface area contributed by atoms with Crippen LogP contribution in [0.1, 0.15) is 18.9 Å². The molecule has 1 aromatic rings. The zero-order valence-corrected chi connectivity index (χ0v) is 12.7. The quantitative estimate of drug-likeness (QED) is 0.645. The fraction of sp³-hybridized carbons (Fsp3) is 0.429. The first-order valence-electron chi connectivity index (χ1n) is 6.88. The number of likely N-dealkylation sites (N-methyl/N-ethyl adjacent to an activating group) is 1. The summed E-state index contributed by atoms with van der Waals surface area (Å²) in [7, 11) is 3.23. The Bertz CT molecular complexity index is 642. The molecule has 0 radical (unpaired) electrons. The Morgan fingerprint density at radius 3 is 2.68 bits per heavy atom. The molecule has 0 fully saturated rings. The maximum absolute atomic E-state index is 11.9. The molecule has 0 aromatic heterocycles. The summed E-state index contributed by atoms with van der Waals surface area (Å²) in [6.07, 6.45) is 0.779. The first-order chi connectivity index (χ1) is 10.3. The fourth-order valence-corrected chi connectivity index (χ4v) is 2.36. The van der Waals surface area contributed by atoms with Gasteiger partial charge in [0.05, 0.1) is 4.92 Å². The van der Waals surface area contributed by atoms with Gasteiger partial charge in [-0.2, -0.15) is 0 Å². The van der Waals surface area contributed by atoms with E-state index in [1.807, 2.05) is 0 Å². The molecule has 1 atom stereocenters. The standard InChI is InChI=1S/C14H18N4O4/c1-8(14(20)17(2)3)15-11-7-10-9(4-5-13(19)16-10)6-12(11)18(21)22/h6-8,15H,4-5H2,1-3H3,(H,16,19)/t8-/m0/s1.